The average molecular weight is 191 g/mol. The Morgan fingerprint density at radius 1 is 1.57 bits per heavy atom. The van der Waals surface area contributed by atoms with Gasteiger partial charge in [0.2, 0.25) is 0 Å². The van der Waals surface area contributed by atoms with Crippen LogP contribution < -0.4 is 11.1 Å². The second-order valence-corrected chi connectivity index (χ2v) is 3.09. The van der Waals surface area contributed by atoms with Crippen LogP contribution in [-0.2, 0) is 0 Å². The summed E-state index contributed by atoms with van der Waals surface area (Å²) in [5.41, 5.74) is 7.08. The largest absolute Gasteiger partial charge is 0.385 e. The number of nitrogens with one attached hydrogen (secondary N) is 1. The third-order valence-electron chi connectivity index (χ3n) is 2.20. The normalized spacial score (nSPS) is 26.6. The standard InChI is InChI=1S/C9H9N3O2/c10-9-7-4-2-1-3-6(7)8(11-9)5-12(13)14/h1-6,11H,10H2. The van der Waals surface area contributed by atoms with E-state index in [0.717, 1.165) is 11.8 Å². The minimum absolute atomic E-state index is 0.0922. The van der Waals surface area contributed by atoms with E-state index in [-0.39, 0.29) is 5.92 Å². The smallest absolute Gasteiger partial charge is 0.254 e. The highest BCUT2D eigenvalue weighted by molar-refractivity contribution is 5.46. The molecule has 1 unspecified atom stereocenters. The molecule has 3 N–H and O–H groups in total. The lowest BCUT2D eigenvalue weighted by atomic mass is 9.95. The van der Waals surface area contributed by atoms with Crippen LogP contribution in [0.4, 0.5) is 0 Å². The molecule has 0 aromatic heterocycles. The molecule has 14 heavy (non-hydrogen) atoms. The summed E-state index contributed by atoms with van der Waals surface area (Å²) in [7, 11) is 0. The van der Waals surface area contributed by atoms with Crippen LogP contribution in [0, 0.1) is 16.0 Å². The van der Waals surface area contributed by atoms with Crippen LogP contribution >= 0.6 is 0 Å². The first-order chi connectivity index (χ1) is 6.68. The second-order valence-electron chi connectivity index (χ2n) is 3.09. The van der Waals surface area contributed by atoms with Crippen molar-refractivity contribution in [2.45, 2.75) is 0 Å². The van der Waals surface area contributed by atoms with Crippen LogP contribution in [0.3, 0.4) is 0 Å². The Balaban J connectivity index is 2.36. The lowest BCUT2D eigenvalue weighted by molar-refractivity contribution is -0.403. The van der Waals surface area contributed by atoms with Gasteiger partial charge in [-0.2, -0.15) is 0 Å². The van der Waals surface area contributed by atoms with Crippen molar-refractivity contribution in [3.8, 4) is 0 Å². The van der Waals surface area contributed by atoms with E-state index in [1.54, 1.807) is 0 Å². The minimum Gasteiger partial charge on any atom is -0.385 e. The van der Waals surface area contributed by atoms with Crippen molar-refractivity contribution in [3.05, 3.63) is 57.7 Å². The number of rotatable bonds is 1. The van der Waals surface area contributed by atoms with E-state index in [0.29, 0.717) is 11.5 Å². The molecule has 0 bridgehead atoms. The topological polar surface area (TPSA) is 81.2 Å². The predicted molar refractivity (Wildman–Crippen MR) is 51.2 cm³/mol. The van der Waals surface area contributed by atoms with Gasteiger partial charge in [0.05, 0.1) is 16.5 Å². The van der Waals surface area contributed by atoms with Crippen molar-refractivity contribution in [2.24, 2.45) is 11.7 Å². The van der Waals surface area contributed by atoms with E-state index in [1.165, 1.54) is 0 Å². The van der Waals surface area contributed by atoms with Crippen molar-refractivity contribution in [1.29, 1.82) is 0 Å². The van der Waals surface area contributed by atoms with Gasteiger partial charge < -0.3 is 11.1 Å². The van der Waals surface area contributed by atoms with Crippen molar-refractivity contribution in [3.63, 3.8) is 0 Å². The number of nitrogens with two attached hydrogens (primary N) is 1. The molecule has 0 saturated carbocycles. The monoisotopic (exact) mass is 191 g/mol. The molecule has 1 heterocycles. The molecular formula is C9H9N3O2. The van der Waals surface area contributed by atoms with Crippen LogP contribution in [0.5, 0.6) is 0 Å². The Hall–Kier alpha value is -2.04. The molecule has 0 aromatic rings. The number of hydrogen-bond acceptors (Lipinski definition) is 4. The summed E-state index contributed by atoms with van der Waals surface area (Å²) >= 11 is 0. The Labute approximate surface area is 80.4 Å². The third kappa shape index (κ3) is 1.28. The van der Waals surface area contributed by atoms with Gasteiger partial charge in [-0.25, -0.2) is 0 Å². The Kier molecular flexibility index (Phi) is 1.85. The van der Waals surface area contributed by atoms with Gasteiger partial charge >= 0.3 is 0 Å². The fourth-order valence-corrected chi connectivity index (χ4v) is 1.60. The molecule has 0 radical (unpaired) electrons. The maximum Gasteiger partial charge on any atom is 0.254 e. The van der Waals surface area contributed by atoms with Crippen LogP contribution in [0.2, 0.25) is 0 Å². The second kappa shape index (κ2) is 3.02. The fourth-order valence-electron chi connectivity index (χ4n) is 1.60. The van der Waals surface area contributed by atoms with Gasteiger partial charge in [0.25, 0.3) is 6.20 Å². The highest BCUT2D eigenvalue weighted by Gasteiger charge is 2.28. The summed E-state index contributed by atoms with van der Waals surface area (Å²) in [6, 6.07) is 0. The van der Waals surface area contributed by atoms with Crippen LogP contribution in [-0.4, -0.2) is 4.92 Å². The van der Waals surface area contributed by atoms with Gasteiger partial charge in [0.1, 0.15) is 5.82 Å². The van der Waals surface area contributed by atoms with Crippen molar-refractivity contribution in [2.75, 3.05) is 0 Å². The first kappa shape index (κ1) is 8.55. The van der Waals surface area contributed by atoms with Crippen molar-refractivity contribution < 1.29 is 4.92 Å². The fraction of sp³-hybridized carbons (Fsp3) is 0.111. The molecule has 0 aromatic carbocycles. The summed E-state index contributed by atoms with van der Waals surface area (Å²) in [5, 5.41) is 13.1. The van der Waals surface area contributed by atoms with E-state index in [1.807, 2.05) is 24.3 Å². The quantitative estimate of drug-likeness (QED) is 0.470. The maximum atomic E-state index is 10.3. The van der Waals surface area contributed by atoms with Gasteiger partial charge in [0, 0.05) is 5.57 Å². The molecule has 2 aliphatic rings. The summed E-state index contributed by atoms with van der Waals surface area (Å²) in [5.74, 6) is 0.397. The molecule has 5 nitrogen and oxygen atoms in total. The number of nitro groups is 1. The highest BCUT2D eigenvalue weighted by Crippen LogP contribution is 2.31. The lowest BCUT2D eigenvalue weighted by Crippen LogP contribution is -2.15. The molecule has 72 valence electrons. The van der Waals surface area contributed by atoms with Gasteiger partial charge in [-0.15, -0.1) is 0 Å². The van der Waals surface area contributed by atoms with E-state index in [2.05, 4.69) is 5.32 Å². The van der Waals surface area contributed by atoms with Crippen molar-refractivity contribution >= 4 is 0 Å². The van der Waals surface area contributed by atoms with Crippen LogP contribution in [0.1, 0.15) is 0 Å². The number of allylic oxidation sites excluding steroid dienone is 4. The zero-order chi connectivity index (χ0) is 10.1. The zero-order valence-corrected chi connectivity index (χ0v) is 7.31. The van der Waals surface area contributed by atoms with Gasteiger partial charge in [-0.05, 0) is 0 Å². The third-order valence-corrected chi connectivity index (χ3v) is 2.20. The highest BCUT2D eigenvalue weighted by atomic mass is 16.6. The van der Waals surface area contributed by atoms with E-state index >= 15 is 0 Å². The molecule has 1 atom stereocenters. The molecule has 0 fully saturated rings. The summed E-state index contributed by atoms with van der Waals surface area (Å²) in [6.07, 6.45) is 8.39. The first-order valence-electron chi connectivity index (χ1n) is 4.15. The van der Waals surface area contributed by atoms with Gasteiger partial charge in [0.15, 0.2) is 0 Å². The van der Waals surface area contributed by atoms with Crippen molar-refractivity contribution in [1.82, 2.24) is 5.32 Å². The average Bonchev–Trinajstić information content (AvgIpc) is 2.44. The van der Waals surface area contributed by atoms with Gasteiger partial charge in [-0.3, -0.25) is 10.1 Å². The predicted octanol–water partition coefficient (Wildman–Crippen LogP) is 0.620. The molecule has 2 rings (SSSR count). The molecule has 5 heteroatoms. The maximum absolute atomic E-state index is 10.3. The van der Waals surface area contributed by atoms with E-state index in [4.69, 9.17) is 5.73 Å². The lowest BCUT2D eigenvalue weighted by Gasteiger charge is -2.08. The molecule has 1 aliphatic heterocycles. The Morgan fingerprint density at radius 3 is 3.07 bits per heavy atom. The summed E-state index contributed by atoms with van der Waals surface area (Å²) in [4.78, 5) is 9.84. The van der Waals surface area contributed by atoms with E-state index in [9.17, 15) is 10.1 Å². The van der Waals surface area contributed by atoms with Crippen LogP contribution in [0.15, 0.2) is 47.6 Å². The summed E-state index contributed by atoms with van der Waals surface area (Å²) < 4.78 is 0. The first-order valence-corrected chi connectivity index (χ1v) is 4.15. The summed E-state index contributed by atoms with van der Waals surface area (Å²) in [6.45, 7) is 0. The zero-order valence-electron chi connectivity index (χ0n) is 7.31. The SMILES string of the molecule is NC1=C2C=CC=CC2C(=C[N+](=O)[O-])N1. The Morgan fingerprint density at radius 2 is 2.36 bits per heavy atom. The number of fused-ring (bicyclic) bond motifs is 1. The molecule has 1 aliphatic carbocycles. The minimum atomic E-state index is -0.481. The molecule has 0 saturated heterocycles. The van der Waals surface area contributed by atoms with Gasteiger partial charge in [-0.1, -0.05) is 24.3 Å². The number of nitrogens with zero attached hydrogens (tertiary/aromatic N) is 1. The molecule has 0 amide bonds. The number of hydrogen-bond donors (Lipinski definition) is 2. The molecular weight excluding hydrogens is 182 g/mol. The molecule has 0 spiro atoms. The van der Waals surface area contributed by atoms with Crippen LogP contribution in [0.25, 0.3) is 0 Å². The Bertz CT molecular complexity index is 404. The van der Waals surface area contributed by atoms with E-state index < -0.39 is 4.92 Å².